The summed E-state index contributed by atoms with van der Waals surface area (Å²) >= 11 is 0. The minimum absolute atomic E-state index is 0.0838. The van der Waals surface area contributed by atoms with Gasteiger partial charge in [-0.05, 0) is 30.9 Å². The number of hydrogen-bond donors (Lipinski definition) is 1. The molecule has 0 bridgehead atoms. The molecule has 0 aromatic rings. The Morgan fingerprint density at radius 2 is 2.23 bits per heavy atom. The summed E-state index contributed by atoms with van der Waals surface area (Å²) < 4.78 is 0. The lowest BCUT2D eigenvalue weighted by molar-refractivity contribution is -0.120. The van der Waals surface area contributed by atoms with Crippen molar-refractivity contribution in [2.24, 2.45) is 4.99 Å². The topological polar surface area (TPSA) is 41.5 Å². The molecule has 2 aliphatic heterocycles. The van der Waals surface area contributed by atoms with Gasteiger partial charge in [0.1, 0.15) is 5.82 Å². The molecule has 13 heavy (non-hydrogen) atoms. The average Bonchev–Trinajstić information content (AvgIpc) is 2.08. The lowest BCUT2D eigenvalue weighted by Gasteiger charge is -2.18. The predicted molar refractivity (Wildman–Crippen MR) is 51.3 cm³/mol. The van der Waals surface area contributed by atoms with Gasteiger partial charge in [0.2, 0.25) is 5.91 Å². The first-order valence-corrected chi connectivity index (χ1v) is 4.57. The molecule has 0 aromatic carbocycles. The Hall–Kier alpha value is -1.38. The van der Waals surface area contributed by atoms with Crippen LogP contribution in [0, 0.1) is 0 Å². The van der Waals surface area contributed by atoms with Gasteiger partial charge in [0, 0.05) is 12.6 Å². The normalized spacial score (nSPS) is 26.9. The van der Waals surface area contributed by atoms with Crippen LogP contribution in [-0.2, 0) is 4.79 Å². The highest BCUT2D eigenvalue weighted by molar-refractivity contribution is 5.81. The fourth-order valence-corrected chi connectivity index (χ4v) is 1.56. The van der Waals surface area contributed by atoms with E-state index in [1.54, 1.807) is 6.21 Å². The van der Waals surface area contributed by atoms with Gasteiger partial charge in [-0.3, -0.25) is 4.79 Å². The van der Waals surface area contributed by atoms with Crippen LogP contribution in [0.15, 0.2) is 28.5 Å². The minimum atomic E-state index is 0.0838. The van der Waals surface area contributed by atoms with E-state index in [1.165, 1.54) is 5.57 Å². The Kier molecular flexibility index (Phi) is 2.25. The molecule has 0 saturated heterocycles. The van der Waals surface area contributed by atoms with Crippen LogP contribution in [-0.4, -0.2) is 12.1 Å². The van der Waals surface area contributed by atoms with Crippen LogP contribution >= 0.6 is 0 Å². The molecule has 0 spiro atoms. The van der Waals surface area contributed by atoms with E-state index in [2.05, 4.69) is 16.4 Å². The second-order valence-corrected chi connectivity index (χ2v) is 3.25. The van der Waals surface area contributed by atoms with Gasteiger partial charge in [0.05, 0.1) is 0 Å². The molecule has 2 rings (SSSR count). The Labute approximate surface area is 77.2 Å². The van der Waals surface area contributed by atoms with Gasteiger partial charge in [-0.25, -0.2) is 4.99 Å². The Bertz CT molecular complexity index is 313. The van der Waals surface area contributed by atoms with E-state index < -0.39 is 0 Å². The van der Waals surface area contributed by atoms with E-state index in [1.807, 2.05) is 6.08 Å². The van der Waals surface area contributed by atoms with E-state index in [0.29, 0.717) is 6.42 Å². The van der Waals surface area contributed by atoms with E-state index in [4.69, 9.17) is 0 Å². The van der Waals surface area contributed by atoms with Crippen molar-refractivity contribution >= 4 is 12.1 Å². The zero-order valence-electron chi connectivity index (χ0n) is 7.42. The number of hydrogen-bond acceptors (Lipinski definition) is 2. The summed E-state index contributed by atoms with van der Waals surface area (Å²) in [6.45, 7) is 0. The summed E-state index contributed by atoms with van der Waals surface area (Å²) in [5, 5.41) is 2.79. The summed E-state index contributed by atoms with van der Waals surface area (Å²) in [5.41, 5.74) is 1.28. The maximum atomic E-state index is 11.1. The van der Waals surface area contributed by atoms with Crippen LogP contribution < -0.4 is 5.32 Å². The zero-order valence-corrected chi connectivity index (χ0v) is 7.42. The van der Waals surface area contributed by atoms with Gasteiger partial charge in [-0.1, -0.05) is 6.08 Å². The highest BCUT2D eigenvalue weighted by atomic mass is 16.1. The first-order valence-electron chi connectivity index (χ1n) is 4.57. The molecule has 0 fully saturated rings. The van der Waals surface area contributed by atoms with Gasteiger partial charge < -0.3 is 5.32 Å². The Morgan fingerprint density at radius 1 is 1.31 bits per heavy atom. The standard InChI is InChI=1S/C10H12N2O/c13-9-6-5-8-4-2-1-3-7-11-10(8)12-9/h1,3,7H,2,4-6H2,(H,12,13)/b3-1-,11-7-. The van der Waals surface area contributed by atoms with Gasteiger partial charge in [0.25, 0.3) is 0 Å². The maximum absolute atomic E-state index is 11.1. The maximum Gasteiger partial charge on any atom is 0.225 e. The van der Waals surface area contributed by atoms with E-state index in [-0.39, 0.29) is 5.91 Å². The number of carbonyl (C=O) groups excluding carboxylic acids is 1. The monoisotopic (exact) mass is 176 g/mol. The zero-order chi connectivity index (χ0) is 9.10. The number of amides is 1. The third kappa shape index (κ3) is 1.86. The smallest absolute Gasteiger partial charge is 0.225 e. The van der Waals surface area contributed by atoms with E-state index >= 15 is 0 Å². The second-order valence-electron chi connectivity index (χ2n) is 3.25. The summed E-state index contributed by atoms with van der Waals surface area (Å²) in [6.07, 6.45) is 9.29. The third-order valence-electron chi connectivity index (χ3n) is 2.29. The lowest BCUT2D eigenvalue weighted by atomic mass is 10.0. The first-order chi connectivity index (χ1) is 6.36. The molecule has 0 radical (unpaired) electrons. The molecule has 1 N–H and O–H groups in total. The number of rotatable bonds is 0. The van der Waals surface area contributed by atoms with Crippen LogP contribution in [0.3, 0.4) is 0 Å². The SMILES string of the molecule is O=C1CCC2=C(/N=C\C=C/CC2)N1. The highest BCUT2D eigenvalue weighted by Crippen LogP contribution is 2.21. The molecule has 0 atom stereocenters. The van der Waals surface area contributed by atoms with Crippen molar-refractivity contribution in [1.82, 2.24) is 5.32 Å². The number of aliphatic imine (C=N–C) groups is 1. The third-order valence-corrected chi connectivity index (χ3v) is 2.29. The molecule has 68 valence electrons. The number of carbonyl (C=O) groups is 1. The first kappa shape index (κ1) is 8.23. The van der Waals surface area contributed by atoms with Crippen molar-refractivity contribution in [2.75, 3.05) is 0 Å². The van der Waals surface area contributed by atoms with Crippen LogP contribution in [0.4, 0.5) is 0 Å². The van der Waals surface area contributed by atoms with Gasteiger partial charge in [-0.2, -0.15) is 0 Å². The van der Waals surface area contributed by atoms with Crippen molar-refractivity contribution in [3.05, 3.63) is 23.5 Å². The second kappa shape index (κ2) is 3.56. The molecule has 0 saturated carbocycles. The molecule has 2 heterocycles. The molecule has 3 heteroatoms. The molecule has 0 unspecified atom stereocenters. The Balaban J connectivity index is 2.26. The highest BCUT2D eigenvalue weighted by Gasteiger charge is 2.16. The molecule has 0 aromatic heterocycles. The largest absolute Gasteiger partial charge is 0.311 e. The van der Waals surface area contributed by atoms with Gasteiger partial charge >= 0.3 is 0 Å². The molecule has 0 aliphatic carbocycles. The predicted octanol–water partition coefficient (Wildman–Crippen LogP) is 1.53. The van der Waals surface area contributed by atoms with Crippen molar-refractivity contribution in [3.63, 3.8) is 0 Å². The van der Waals surface area contributed by atoms with E-state index in [9.17, 15) is 4.79 Å². The minimum Gasteiger partial charge on any atom is -0.311 e. The fraction of sp³-hybridized carbons (Fsp3) is 0.400. The molecule has 1 amide bonds. The van der Waals surface area contributed by atoms with Crippen LogP contribution in [0.1, 0.15) is 25.7 Å². The summed E-state index contributed by atoms with van der Waals surface area (Å²) in [7, 11) is 0. The molecular formula is C10H12N2O. The molecular weight excluding hydrogens is 164 g/mol. The number of nitrogens with zero attached hydrogens (tertiary/aromatic N) is 1. The molecule has 3 nitrogen and oxygen atoms in total. The molecule has 2 aliphatic rings. The summed E-state index contributed by atoms with van der Waals surface area (Å²) in [4.78, 5) is 15.3. The average molecular weight is 176 g/mol. The van der Waals surface area contributed by atoms with Crippen molar-refractivity contribution < 1.29 is 4.79 Å². The summed E-state index contributed by atoms with van der Waals surface area (Å²) in [6, 6.07) is 0. The van der Waals surface area contributed by atoms with Crippen molar-refractivity contribution in [2.45, 2.75) is 25.7 Å². The quantitative estimate of drug-likeness (QED) is 0.597. The van der Waals surface area contributed by atoms with E-state index in [0.717, 1.165) is 25.1 Å². The Morgan fingerprint density at radius 3 is 3.15 bits per heavy atom. The number of nitrogens with one attached hydrogen (secondary N) is 1. The van der Waals surface area contributed by atoms with Crippen LogP contribution in [0.5, 0.6) is 0 Å². The van der Waals surface area contributed by atoms with Gasteiger partial charge in [0.15, 0.2) is 0 Å². The van der Waals surface area contributed by atoms with Crippen molar-refractivity contribution in [1.29, 1.82) is 0 Å². The van der Waals surface area contributed by atoms with Gasteiger partial charge in [-0.15, -0.1) is 0 Å². The number of allylic oxidation sites excluding steroid dienone is 3. The summed E-state index contributed by atoms with van der Waals surface area (Å²) in [5.74, 6) is 0.862. The lowest BCUT2D eigenvalue weighted by Crippen LogP contribution is -2.27. The van der Waals surface area contributed by atoms with Crippen LogP contribution in [0.2, 0.25) is 0 Å². The van der Waals surface area contributed by atoms with Crippen LogP contribution in [0.25, 0.3) is 0 Å². The van der Waals surface area contributed by atoms with Crippen molar-refractivity contribution in [3.8, 4) is 0 Å². The fourth-order valence-electron chi connectivity index (χ4n) is 1.56.